The molecule has 3 fully saturated rings. The van der Waals surface area contributed by atoms with E-state index in [1.54, 1.807) is 35.3 Å². The zero-order chi connectivity index (χ0) is 34.8. The van der Waals surface area contributed by atoms with E-state index in [1.165, 1.54) is 25.4 Å². The van der Waals surface area contributed by atoms with Gasteiger partial charge in [-0.25, -0.2) is 18.3 Å². The molecule has 4 aromatic rings. The van der Waals surface area contributed by atoms with Crippen molar-refractivity contribution in [1.82, 2.24) is 29.6 Å². The fourth-order valence-electron chi connectivity index (χ4n) is 7.05. The van der Waals surface area contributed by atoms with Gasteiger partial charge in [0.25, 0.3) is 0 Å². The summed E-state index contributed by atoms with van der Waals surface area (Å²) in [4.78, 5) is 29.3. The van der Waals surface area contributed by atoms with Crippen molar-refractivity contribution >= 4 is 33.7 Å². The van der Waals surface area contributed by atoms with Gasteiger partial charge in [0, 0.05) is 42.9 Å². The Hall–Kier alpha value is -4.34. The van der Waals surface area contributed by atoms with Gasteiger partial charge in [-0.1, -0.05) is 0 Å². The molecule has 3 aromatic heterocycles. The Morgan fingerprint density at radius 1 is 1.02 bits per heavy atom. The Morgan fingerprint density at radius 3 is 2.41 bits per heavy atom. The van der Waals surface area contributed by atoms with Gasteiger partial charge in [-0.05, 0) is 65.4 Å². The van der Waals surface area contributed by atoms with Crippen molar-refractivity contribution in [3.63, 3.8) is 0 Å². The van der Waals surface area contributed by atoms with E-state index in [-0.39, 0.29) is 58.7 Å². The Bertz CT molecular complexity index is 1910. The lowest BCUT2D eigenvalue weighted by Gasteiger charge is -2.42. The van der Waals surface area contributed by atoms with E-state index in [0.717, 1.165) is 12.8 Å². The van der Waals surface area contributed by atoms with Crippen molar-refractivity contribution in [2.24, 2.45) is 0 Å². The third-order valence-corrected chi connectivity index (χ3v) is 9.16. The Balaban J connectivity index is 1.32. The van der Waals surface area contributed by atoms with E-state index in [4.69, 9.17) is 14.2 Å². The minimum absolute atomic E-state index is 0.111. The number of alkyl halides is 3. The van der Waals surface area contributed by atoms with Gasteiger partial charge in [0.2, 0.25) is 0 Å². The number of piperazine rings is 1. The highest BCUT2D eigenvalue weighted by Crippen LogP contribution is 2.41. The van der Waals surface area contributed by atoms with Crippen LogP contribution < -0.4 is 9.64 Å². The lowest BCUT2D eigenvalue weighted by atomic mass is 9.99. The number of fused-ring (bicyclic) bond motifs is 4. The molecule has 0 N–H and O–H groups in total. The monoisotopic (exact) mass is 689 g/mol. The molecule has 0 spiro atoms. The summed E-state index contributed by atoms with van der Waals surface area (Å²) in [5.74, 6) is -1.48. The number of nitrogens with zero attached hydrogens (tertiary/aromatic N) is 7. The molecule has 2 bridgehead atoms. The summed E-state index contributed by atoms with van der Waals surface area (Å²) in [5, 5.41) is 5.01. The molecule has 262 valence electrons. The first kappa shape index (κ1) is 33.2. The smallest absolute Gasteiger partial charge is 0.422 e. The van der Waals surface area contributed by atoms with Crippen LogP contribution in [-0.4, -0.2) is 85.9 Å². The van der Waals surface area contributed by atoms with E-state index in [2.05, 4.69) is 20.1 Å². The number of halogens is 5. The molecular weight excluding hydrogens is 653 g/mol. The summed E-state index contributed by atoms with van der Waals surface area (Å²) in [6.45, 7) is 6.19. The van der Waals surface area contributed by atoms with Crippen LogP contribution in [0.3, 0.4) is 0 Å². The van der Waals surface area contributed by atoms with E-state index in [9.17, 15) is 18.0 Å². The fraction of sp³-hybridized carbons (Fsp3) is 0.545. The molecule has 1 aromatic carbocycles. The maximum atomic E-state index is 16.8. The fourth-order valence-corrected chi connectivity index (χ4v) is 7.05. The third kappa shape index (κ3) is 6.30. The van der Waals surface area contributed by atoms with Gasteiger partial charge in [-0.2, -0.15) is 28.2 Å². The molecule has 1 unspecified atom stereocenters. The van der Waals surface area contributed by atoms with Crippen LogP contribution in [0.1, 0.15) is 64.7 Å². The van der Waals surface area contributed by atoms with Gasteiger partial charge < -0.3 is 19.1 Å². The topological polar surface area (TPSA) is 108 Å². The molecule has 49 heavy (non-hydrogen) atoms. The second kappa shape index (κ2) is 12.2. The van der Waals surface area contributed by atoms with Crippen LogP contribution in [0.2, 0.25) is 0 Å². The standard InChI is InChI=1S/C33H36F5N7O4/c1-17-22(34)11-23-20(13-40-45(23)24-7-5-6-10-47-24)25(17)28-26(35)27-21(12-39-28)29(42-30(41-27)48-16-33(36,37)38)43-14-18-8-9-19(15-43)44(18)31(46)49-32(2,3)4/h11-13,18-19,24H,5-10,14-16H2,1-4H3/t18-,19+,24?. The summed E-state index contributed by atoms with van der Waals surface area (Å²) in [6.07, 6.45) is 1.11. The van der Waals surface area contributed by atoms with Crippen LogP contribution in [0.15, 0.2) is 18.5 Å². The van der Waals surface area contributed by atoms with Crippen molar-refractivity contribution in [2.45, 2.75) is 89.9 Å². The number of hydrogen-bond donors (Lipinski definition) is 0. The molecule has 3 aliphatic heterocycles. The van der Waals surface area contributed by atoms with Crippen molar-refractivity contribution in [3.05, 3.63) is 35.7 Å². The second-order valence-corrected chi connectivity index (χ2v) is 13.8. The maximum Gasteiger partial charge on any atom is 0.422 e. The average molecular weight is 690 g/mol. The largest absolute Gasteiger partial charge is 0.454 e. The van der Waals surface area contributed by atoms with Crippen molar-refractivity contribution in [1.29, 1.82) is 0 Å². The normalized spacial score (nSPS) is 21.5. The molecule has 3 atom stereocenters. The number of amides is 1. The van der Waals surface area contributed by atoms with Crippen molar-refractivity contribution in [2.75, 3.05) is 31.2 Å². The number of aromatic nitrogens is 5. The summed E-state index contributed by atoms with van der Waals surface area (Å²) < 4.78 is 89.9. The van der Waals surface area contributed by atoms with Crippen LogP contribution >= 0.6 is 0 Å². The number of ether oxygens (including phenoxy) is 3. The predicted molar refractivity (Wildman–Crippen MR) is 168 cm³/mol. The first-order valence-corrected chi connectivity index (χ1v) is 16.3. The highest BCUT2D eigenvalue weighted by Gasteiger charge is 2.45. The number of carbonyl (C=O) groups excluding carboxylic acids is 1. The van der Waals surface area contributed by atoms with Gasteiger partial charge in [0.1, 0.15) is 28.4 Å². The summed E-state index contributed by atoms with van der Waals surface area (Å²) in [5.41, 5.74) is -0.648. The predicted octanol–water partition coefficient (Wildman–Crippen LogP) is 6.86. The zero-order valence-electron chi connectivity index (χ0n) is 27.5. The summed E-state index contributed by atoms with van der Waals surface area (Å²) in [6, 6.07) is 0.0969. The average Bonchev–Trinajstić information content (AvgIpc) is 3.57. The first-order valence-electron chi connectivity index (χ1n) is 16.3. The molecule has 16 heteroatoms. The minimum Gasteiger partial charge on any atom is -0.454 e. The second-order valence-electron chi connectivity index (χ2n) is 13.8. The number of benzene rings is 1. The summed E-state index contributed by atoms with van der Waals surface area (Å²) >= 11 is 0. The Kier molecular flexibility index (Phi) is 8.27. The number of carbonyl (C=O) groups is 1. The number of pyridine rings is 1. The van der Waals surface area contributed by atoms with Crippen LogP contribution in [0, 0.1) is 18.6 Å². The minimum atomic E-state index is -4.70. The molecular formula is C33H36F5N7O4. The molecule has 0 saturated carbocycles. The number of anilines is 1. The summed E-state index contributed by atoms with van der Waals surface area (Å²) in [7, 11) is 0. The van der Waals surface area contributed by atoms with Crippen LogP contribution in [-0.2, 0) is 9.47 Å². The zero-order valence-corrected chi connectivity index (χ0v) is 27.5. The van der Waals surface area contributed by atoms with Crippen LogP contribution in [0.5, 0.6) is 6.01 Å². The SMILES string of the molecule is Cc1c(F)cc2c(cnn2C2CCCCO2)c1-c1ncc2c(N3C[C@H]4CC[C@@H](C3)N4C(=O)OC(C)(C)C)nc(OCC(F)(F)F)nc2c1F. The molecule has 1 amide bonds. The van der Waals surface area contributed by atoms with Gasteiger partial charge in [-0.3, -0.25) is 9.88 Å². The van der Waals surface area contributed by atoms with Gasteiger partial charge in [0.05, 0.1) is 29.2 Å². The highest BCUT2D eigenvalue weighted by atomic mass is 19.4. The molecule has 6 heterocycles. The maximum absolute atomic E-state index is 16.8. The number of rotatable bonds is 5. The molecule has 3 aliphatic rings. The lowest BCUT2D eigenvalue weighted by molar-refractivity contribution is -0.154. The van der Waals surface area contributed by atoms with Crippen molar-refractivity contribution in [3.8, 4) is 17.3 Å². The van der Waals surface area contributed by atoms with E-state index >= 15 is 8.78 Å². The van der Waals surface area contributed by atoms with E-state index in [0.29, 0.717) is 36.8 Å². The van der Waals surface area contributed by atoms with Gasteiger partial charge >= 0.3 is 18.3 Å². The Labute approximate surface area is 278 Å². The van der Waals surface area contributed by atoms with Crippen LogP contribution in [0.4, 0.5) is 32.6 Å². The molecule has 0 radical (unpaired) electrons. The van der Waals surface area contributed by atoms with E-state index < -0.39 is 48.4 Å². The molecule has 11 nitrogen and oxygen atoms in total. The lowest BCUT2D eigenvalue weighted by Crippen LogP contribution is -2.57. The third-order valence-electron chi connectivity index (χ3n) is 9.16. The quantitative estimate of drug-likeness (QED) is 0.208. The Morgan fingerprint density at radius 2 is 1.76 bits per heavy atom. The molecule has 0 aliphatic carbocycles. The van der Waals surface area contributed by atoms with Gasteiger partial charge in [-0.15, -0.1) is 0 Å². The van der Waals surface area contributed by atoms with Gasteiger partial charge in [0.15, 0.2) is 18.7 Å². The van der Waals surface area contributed by atoms with Crippen molar-refractivity contribution < 1.29 is 41.0 Å². The highest BCUT2D eigenvalue weighted by molar-refractivity contribution is 5.99. The number of hydrogen-bond acceptors (Lipinski definition) is 9. The first-order chi connectivity index (χ1) is 23.2. The molecule has 7 rings (SSSR count). The molecule has 3 saturated heterocycles. The van der Waals surface area contributed by atoms with E-state index in [1.807, 2.05) is 0 Å². The van der Waals surface area contributed by atoms with Crippen LogP contribution in [0.25, 0.3) is 33.1 Å².